The van der Waals surface area contributed by atoms with Crippen LogP contribution in [0.2, 0.25) is 0 Å². The van der Waals surface area contributed by atoms with Crippen LogP contribution < -0.4 is 5.32 Å². The van der Waals surface area contributed by atoms with Crippen LogP contribution in [-0.4, -0.2) is 22.9 Å². The SMILES string of the molecule is CC1CCC(N2C(=O)C(C)NC2c2cccs2)C1. The molecular formula is C14H20N2OS. The van der Waals surface area contributed by atoms with E-state index in [-0.39, 0.29) is 18.1 Å². The van der Waals surface area contributed by atoms with Gasteiger partial charge in [-0.05, 0) is 43.6 Å². The Labute approximate surface area is 112 Å². The van der Waals surface area contributed by atoms with Crippen LogP contribution in [0, 0.1) is 5.92 Å². The second-order valence-corrected chi connectivity index (χ2v) is 6.60. The molecule has 0 radical (unpaired) electrons. The Hall–Kier alpha value is -0.870. The average molecular weight is 264 g/mol. The Morgan fingerprint density at radius 2 is 2.22 bits per heavy atom. The van der Waals surface area contributed by atoms with Gasteiger partial charge in [0.05, 0.1) is 6.04 Å². The maximum absolute atomic E-state index is 12.4. The van der Waals surface area contributed by atoms with Gasteiger partial charge in [-0.25, -0.2) is 0 Å². The van der Waals surface area contributed by atoms with Crippen LogP contribution in [0.15, 0.2) is 17.5 Å². The van der Waals surface area contributed by atoms with Crippen LogP contribution in [0.25, 0.3) is 0 Å². The largest absolute Gasteiger partial charge is 0.318 e. The molecule has 4 atom stereocenters. The van der Waals surface area contributed by atoms with Crippen molar-refractivity contribution in [3.05, 3.63) is 22.4 Å². The number of carbonyl (C=O) groups is 1. The van der Waals surface area contributed by atoms with Crippen LogP contribution in [0.5, 0.6) is 0 Å². The van der Waals surface area contributed by atoms with E-state index in [0.29, 0.717) is 6.04 Å². The molecule has 0 spiro atoms. The first kappa shape index (κ1) is 12.2. The molecule has 2 aliphatic rings. The molecule has 4 heteroatoms. The van der Waals surface area contributed by atoms with Gasteiger partial charge in [-0.2, -0.15) is 0 Å². The van der Waals surface area contributed by atoms with Crippen molar-refractivity contribution in [1.82, 2.24) is 10.2 Å². The topological polar surface area (TPSA) is 32.3 Å². The van der Waals surface area contributed by atoms with Crippen LogP contribution in [0.1, 0.15) is 44.2 Å². The lowest BCUT2D eigenvalue weighted by atomic mass is 10.1. The van der Waals surface area contributed by atoms with Crippen LogP contribution in [-0.2, 0) is 4.79 Å². The van der Waals surface area contributed by atoms with E-state index in [1.807, 2.05) is 6.92 Å². The minimum Gasteiger partial charge on any atom is -0.318 e. The first-order valence-electron chi connectivity index (χ1n) is 6.78. The zero-order chi connectivity index (χ0) is 12.7. The third-order valence-corrected chi connectivity index (χ3v) is 5.11. The van der Waals surface area contributed by atoms with Gasteiger partial charge in [0.15, 0.2) is 0 Å². The summed E-state index contributed by atoms with van der Waals surface area (Å²) in [5.41, 5.74) is 0. The van der Waals surface area contributed by atoms with Gasteiger partial charge in [0.1, 0.15) is 6.17 Å². The van der Waals surface area contributed by atoms with E-state index < -0.39 is 0 Å². The number of nitrogens with zero attached hydrogens (tertiary/aromatic N) is 1. The summed E-state index contributed by atoms with van der Waals surface area (Å²) < 4.78 is 0. The third kappa shape index (κ3) is 1.97. The number of hydrogen-bond acceptors (Lipinski definition) is 3. The van der Waals surface area contributed by atoms with Gasteiger partial charge in [0, 0.05) is 10.9 Å². The molecule has 0 aromatic carbocycles. The Kier molecular flexibility index (Phi) is 3.16. The molecule has 1 saturated carbocycles. The normalized spacial score (nSPS) is 36.6. The molecule has 1 aliphatic carbocycles. The molecular weight excluding hydrogens is 244 g/mol. The first-order chi connectivity index (χ1) is 8.66. The predicted octanol–water partition coefficient (Wildman–Crippen LogP) is 2.76. The molecule has 18 heavy (non-hydrogen) atoms. The lowest BCUT2D eigenvalue weighted by molar-refractivity contribution is -0.132. The number of hydrogen-bond donors (Lipinski definition) is 1. The van der Waals surface area contributed by atoms with Crippen LogP contribution in [0.4, 0.5) is 0 Å². The molecule has 1 aromatic heterocycles. The Balaban J connectivity index is 1.86. The Morgan fingerprint density at radius 3 is 2.83 bits per heavy atom. The third-order valence-electron chi connectivity index (χ3n) is 4.18. The lowest BCUT2D eigenvalue weighted by Crippen LogP contribution is -2.38. The quantitative estimate of drug-likeness (QED) is 0.891. The van der Waals surface area contributed by atoms with Gasteiger partial charge in [-0.3, -0.25) is 10.1 Å². The van der Waals surface area contributed by atoms with E-state index in [1.165, 1.54) is 11.3 Å². The number of rotatable bonds is 2. The van der Waals surface area contributed by atoms with Crippen LogP contribution >= 0.6 is 11.3 Å². The number of amides is 1. The van der Waals surface area contributed by atoms with Crippen LogP contribution in [0.3, 0.4) is 0 Å². The maximum atomic E-state index is 12.4. The summed E-state index contributed by atoms with van der Waals surface area (Å²) in [5, 5.41) is 5.52. The standard InChI is InChI=1S/C14H20N2OS/c1-9-5-6-11(8-9)16-13(12-4-3-7-18-12)15-10(2)14(16)17/h3-4,7,9-11,13,15H,5-6,8H2,1-2H3. The zero-order valence-corrected chi connectivity index (χ0v) is 11.7. The molecule has 3 rings (SSSR count). The van der Waals surface area contributed by atoms with E-state index in [0.717, 1.165) is 18.8 Å². The monoisotopic (exact) mass is 264 g/mol. The summed E-state index contributed by atoms with van der Waals surface area (Å²) in [4.78, 5) is 15.7. The molecule has 98 valence electrons. The highest BCUT2D eigenvalue weighted by atomic mass is 32.1. The smallest absolute Gasteiger partial charge is 0.241 e. The number of thiophene rings is 1. The molecule has 1 saturated heterocycles. The molecule has 1 aliphatic heterocycles. The van der Waals surface area contributed by atoms with E-state index >= 15 is 0 Å². The highest BCUT2D eigenvalue weighted by Gasteiger charge is 2.43. The molecule has 1 N–H and O–H groups in total. The molecule has 3 nitrogen and oxygen atoms in total. The van der Waals surface area contributed by atoms with Crippen molar-refractivity contribution < 1.29 is 4.79 Å². The summed E-state index contributed by atoms with van der Waals surface area (Å²) in [7, 11) is 0. The fraction of sp³-hybridized carbons (Fsp3) is 0.643. The van der Waals surface area contributed by atoms with E-state index in [2.05, 4.69) is 34.7 Å². The Bertz CT molecular complexity index is 431. The summed E-state index contributed by atoms with van der Waals surface area (Å²) in [6.45, 7) is 4.26. The van der Waals surface area contributed by atoms with Crippen molar-refractivity contribution >= 4 is 17.2 Å². The summed E-state index contributed by atoms with van der Waals surface area (Å²) in [6.07, 6.45) is 3.66. The highest BCUT2D eigenvalue weighted by molar-refractivity contribution is 7.10. The van der Waals surface area contributed by atoms with Crippen molar-refractivity contribution in [2.24, 2.45) is 5.92 Å². The molecule has 2 fully saturated rings. The van der Waals surface area contributed by atoms with Gasteiger partial charge in [-0.15, -0.1) is 11.3 Å². The van der Waals surface area contributed by atoms with E-state index in [9.17, 15) is 4.79 Å². The summed E-state index contributed by atoms with van der Waals surface area (Å²) >= 11 is 1.73. The molecule has 1 amide bonds. The van der Waals surface area contributed by atoms with Crippen molar-refractivity contribution in [2.45, 2.75) is 51.4 Å². The fourth-order valence-electron chi connectivity index (χ4n) is 3.23. The molecule has 1 aromatic rings. The minimum atomic E-state index is -0.0481. The van der Waals surface area contributed by atoms with Gasteiger partial charge in [0.25, 0.3) is 0 Å². The average Bonchev–Trinajstić information content (AvgIpc) is 3.02. The molecule has 0 bridgehead atoms. The van der Waals surface area contributed by atoms with Crippen molar-refractivity contribution in [2.75, 3.05) is 0 Å². The second-order valence-electron chi connectivity index (χ2n) is 5.62. The summed E-state index contributed by atoms with van der Waals surface area (Å²) in [5.74, 6) is 1.02. The lowest BCUT2D eigenvalue weighted by Gasteiger charge is -2.29. The number of carbonyl (C=O) groups excluding carboxylic acids is 1. The van der Waals surface area contributed by atoms with E-state index in [1.54, 1.807) is 11.3 Å². The molecule has 4 unspecified atom stereocenters. The van der Waals surface area contributed by atoms with Gasteiger partial charge in [-0.1, -0.05) is 13.0 Å². The second kappa shape index (κ2) is 4.67. The predicted molar refractivity (Wildman–Crippen MR) is 73.3 cm³/mol. The van der Waals surface area contributed by atoms with Crippen molar-refractivity contribution in [3.8, 4) is 0 Å². The van der Waals surface area contributed by atoms with Crippen molar-refractivity contribution in [3.63, 3.8) is 0 Å². The zero-order valence-electron chi connectivity index (χ0n) is 10.9. The summed E-state index contributed by atoms with van der Waals surface area (Å²) in [6, 6.07) is 4.56. The van der Waals surface area contributed by atoms with E-state index in [4.69, 9.17) is 0 Å². The van der Waals surface area contributed by atoms with Gasteiger partial charge < -0.3 is 4.90 Å². The Morgan fingerprint density at radius 1 is 1.39 bits per heavy atom. The molecule has 2 heterocycles. The fourth-order valence-corrected chi connectivity index (χ4v) is 4.01. The van der Waals surface area contributed by atoms with Crippen molar-refractivity contribution in [1.29, 1.82) is 0 Å². The minimum absolute atomic E-state index is 0.0481. The maximum Gasteiger partial charge on any atom is 0.241 e. The van der Waals surface area contributed by atoms with Gasteiger partial charge >= 0.3 is 0 Å². The number of nitrogens with one attached hydrogen (secondary N) is 1. The first-order valence-corrected chi connectivity index (χ1v) is 7.66. The highest BCUT2D eigenvalue weighted by Crippen LogP contribution is 2.37. The van der Waals surface area contributed by atoms with Gasteiger partial charge in [0.2, 0.25) is 5.91 Å².